The average Bonchev–Trinajstić information content (AvgIpc) is 2.90. The first-order valence-electron chi connectivity index (χ1n) is 7.43. The van der Waals surface area contributed by atoms with Gasteiger partial charge < -0.3 is 15.6 Å². The molecule has 3 rings (SSSR count). The molecule has 0 bridgehead atoms. The van der Waals surface area contributed by atoms with Crippen LogP contribution in [-0.2, 0) is 16.0 Å². The molecule has 0 aliphatic heterocycles. The van der Waals surface area contributed by atoms with E-state index in [9.17, 15) is 20.0 Å². The number of nitro groups is 1. The summed E-state index contributed by atoms with van der Waals surface area (Å²) in [6, 6.07) is 12.2. The van der Waals surface area contributed by atoms with Crippen LogP contribution in [0.2, 0.25) is 0 Å². The molecular formula is C17H16N2O5. The second-order valence-corrected chi connectivity index (χ2v) is 5.66. The zero-order chi connectivity index (χ0) is 17.3. The number of hydrogen-bond acceptors (Lipinski definition) is 6. The molecule has 1 aliphatic rings. The van der Waals surface area contributed by atoms with E-state index in [-0.39, 0.29) is 5.69 Å². The van der Waals surface area contributed by atoms with Crippen LogP contribution in [0.4, 0.5) is 5.69 Å². The Morgan fingerprint density at radius 3 is 2.67 bits per heavy atom. The molecular weight excluding hydrogens is 312 g/mol. The van der Waals surface area contributed by atoms with E-state index in [1.807, 2.05) is 0 Å². The van der Waals surface area contributed by atoms with E-state index in [0.717, 1.165) is 5.56 Å². The first-order valence-corrected chi connectivity index (χ1v) is 7.43. The monoisotopic (exact) mass is 328 g/mol. The number of esters is 1. The highest BCUT2D eigenvalue weighted by Crippen LogP contribution is 2.34. The molecule has 0 saturated carbocycles. The minimum Gasteiger partial charge on any atom is -0.458 e. The van der Waals surface area contributed by atoms with Crippen molar-refractivity contribution >= 4 is 11.7 Å². The number of carbonyl (C=O) groups excluding carboxylic acids is 1. The second-order valence-electron chi connectivity index (χ2n) is 5.66. The Morgan fingerprint density at radius 2 is 2.00 bits per heavy atom. The van der Waals surface area contributed by atoms with Gasteiger partial charge in [0, 0.05) is 18.6 Å². The molecule has 1 aliphatic carbocycles. The van der Waals surface area contributed by atoms with Crippen LogP contribution < -0.4 is 5.73 Å². The minimum absolute atomic E-state index is 0.0551. The number of fused-ring (bicyclic) bond motifs is 1. The summed E-state index contributed by atoms with van der Waals surface area (Å²) < 4.78 is 5.34. The smallest absolute Gasteiger partial charge is 0.340 e. The molecule has 0 amide bonds. The number of ether oxygens (including phenoxy) is 1. The summed E-state index contributed by atoms with van der Waals surface area (Å²) in [6.07, 6.45) is -1.69. The molecule has 7 heteroatoms. The van der Waals surface area contributed by atoms with Crippen LogP contribution in [0.1, 0.15) is 28.8 Å². The third kappa shape index (κ3) is 2.99. The first kappa shape index (κ1) is 16.1. The van der Waals surface area contributed by atoms with Crippen LogP contribution in [0.3, 0.4) is 0 Å². The van der Waals surface area contributed by atoms with Crippen molar-refractivity contribution in [2.75, 3.05) is 0 Å². The van der Waals surface area contributed by atoms with Crippen molar-refractivity contribution in [3.8, 4) is 0 Å². The standard InChI is InChI=1S/C17H16N2O5/c18-15-13-9-12(19(22)23)7-6-11(13)8-14(15)24-17(21)16(20)10-4-2-1-3-5-10/h1-7,9,14-16,20H,8,18H2/t14-,15-,16+/m1/s1. The maximum Gasteiger partial charge on any atom is 0.340 e. The lowest BCUT2D eigenvalue weighted by molar-refractivity contribution is -0.384. The summed E-state index contributed by atoms with van der Waals surface area (Å²) in [5, 5.41) is 20.9. The largest absolute Gasteiger partial charge is 0.458 e. The van der Waals surface area contributed by atoms with E-state index in [4.69, 9.17) is 10.5 Å². The van der Waals surface area contributed by atoms with Crippen LogP contribution in [0, 0.1) is 10.1 Å². The molecule has 0 saturated heterocycles. The van der Waals surface area contributed by atoms with E-state index in [2.05, 4.69) is 0 Å². The van der Waals surface area contributed by atoms with Gasteiger partial charge in [-0.1, -0.05) is 36.4 Å². The number of nitrogens with two attached hydrogens (primary N) is 1. The molecule has 7 nitrogen and oxygen atoms in total. The van der Waals surface area contributed by atoms with Gasteiger partial charge in [0.1, 0.15) is 6.10 Å². The van der Waals surface area contributed by atoms with Gasteiger partial charge in [-0.05, 0) is 16.7 Å². The van der Waals surface area contributed by atoms with Crippen LogP contribution in [0.5, 0.6) is 0 Å². The summed E-state index contributed by atoms with van der Waals surface area (Å²) in [7, 11) is 0. The molecule has 3 N–H and O–H groups in total. The minimum atomic E-state index is -1.39. The van der Waals surface area contributed by atoms with Crippen molar-refractivity contribution < 1.29 is 19.6 Å². The van der Waals surface area contributed by atoms with Gasteiger partial charge in [-0.25, -0.2) is 4.79 Å². The van der Waals surface area contributed by atoms with E-state index >= 15 is 0 Å². The number of aliphatic hydroxyl groups excluding tert-OH is 1. The van der Waals surface area contributed by atoms with E-state index < -0.39 is 29.1 Å². The van der Waals surface area contributed by atoms with Gasteiger partial charge >= 0.3 is 5.97 Å². The highest BCUT2D eigenvalue weighted by molar-refractivity contribution is 5.76. The maximum absolute atomic E-state index is 12.1. The van der Waals surface area contributed by atoms with Crippen molar-refractivity contribution in [2.24, 2.45) is 5.73 Å². The summed E-state index contributed by atoms with van der Waals surface area (Å²) in [5.74, 6) is -0.788. The molecule has 0 heterocycles. The van der Waals surface area contributed by atoms with Crippen molar-refractivity contribution in [3.05, 3.63) is 75.3 Å². The van der Waals surface area contributed by atoms with Crippen LogP contribution in [0.25, 0.3) is 0 Å². The SMILES string of the molecule is N[C@@H]1c2cc([N+](=O)[O-])ccc2C[C@H]1OC(=O)[C@@H](O)c1ccccc1. The predicted octanol–water partition coefficient (Wildman–Crippen LogP) is 1.80. The fourth-order valence-electron chi connectivity index (χ4n) is 2.84. The van der Waals surface area contributed by atoms with Crippen LogP contribution >= 0.6 is 0 Å². The fourth-order valence-corrected chi connectivity index (χ4v) is 2.84. The molecule has 2 aromatic carbocycles. The molecule has 0 aromatic heterocycles. The summed E-state index contributed by atoms with van der Waals surface area (Å²) >= 11 is 0. The Balaban J connectivity index is 1.73. The first-order chi connectivity index (χ1) is 11.5. The topological polar surface area (TPSA) is 116 Å². The number of benzene rings is 2. The molecule has 3 atom stereocenters. The molecule has 124 valence electrons. The van der Waals surface area contributed by atoms with Crippen molar-refractivity contribution in [3.63, 3.8) is 0 Å². The zero-order valence-electron chi connectivity index (χ0n) is 12.7. The number of carbonyl (C=O) groups is 1. The number of nitrogens with zero attached hydrogens (tertiary/aromatic N) is 1. The van der Waals surface area contributed by atoms with Gasteiger partial charge in [0.2, 0.25) is 0 Å². The lowest BCUT2D eigenvalue weighted by Gasteiger charge is -2.19. The van der Waals surface area contributed by atoms with Gasteiger partial charge in [-0.15, -0.1) is 0 Å². The highest BCUT2D eigenvalue weighted by atomic mass is 16.6. The van der Waals surface area contributed by atoms with Gasteiger partial charge in [-0.2, -0.15) is 0 Å². The van der Waals surface area contributed by atoms with Crippen molar-refractivity contribution in [2.45, 2.75) is 24.7 Å². The van der Waals surface area contributed by atoms with Gasteiger partial charge in [0.25, 0.3) is 5.69 Å². The lowest BCUT2D eigenvalue weighted by atomic mass is 10.1. The molecule has 24 heavy (non-hydrogen) atoms. The number of rotatable bonds is 4. The third-order valence-corrected chi connectivity index (χ3v) is 4.13. The quantitative estimate of drug-likeness (QED) is 0.502. The van der Waals surface area contributed by atoms with Gasteiger partial charge in [-0.3, -0.25) is 10.1 Å². The Labute approximate surface area is 137 Å². The summed E-state index contributed by atoms with van der Waals surface area (Å²) in [5.41, 5.74) is 7.84. The number of nitro benzene ring substituents is 1. The Kier molecular flexibility index (Phi) is 4.28. The number of hydrogen-bond donors (Lipinski definition) is 2. The second kappa shape index (κ2) is 6.38. The zero-order valence-corrected chi connectivity index (χ0v) is 12.7. The lowest BCUT2D eigenvalue weighted by Crippen LogP contribution is -2.30. The highest BCUT2D eigenvalue weighted by Gasteiger charge is 2.35. The van der Waals surface area contributed by atoms with Gasteiger partial charge in [0.15, 0.2) is 6.10 Å². The average molecular weight is 328 g/mol. The van der Waals surface area contributed by atoms with Crippen LogP contribution in [-0.4, -0.2) is 22.1 Å². The Morgan fingerprint density at radius 1 is 1.29 bits per heavy atom. The number of aliphatic hydroxyl groups is 1. The maximum atomic E-state index is 12.1. The van der Waals surface area contributed by atoms with E-state index in [1.54, 1.807) is 36.4 Å². The fraction of sp³-hybridized carbons (Fsp3) is 0.235. The van der Waals surface area contributed by atoms with E-state index in [0.29, 0.717) is 17.5 Å². The van der Waals surface area contributed by atoms with Gasteiger partial charge in [0.05, 0.1) is 11.0 Å². The predicted molar refractivity (Wildman–Crippen MR) is 85.0 cm³/mol. The molecule has 2 aromatic rings. The summed E-state index contributed by atoms with van der Waals surface area (Å²) in [4.78, 5) is 22.5. The van der Waals surface area contributed by atoms with E-state index in [1.165, 1.54) is 12.1 Å². The Hall–Kier alpha value is -2.77. The van der Waals surface area contributed by atoms with Crippen LogP contribution in [0.15, 0.2) is 48.5 Å². The summed E-state index contributed by atoms with van der Waals surface area (Å²) in [6.45, 7) is 0. The third-order valence-electron chi connectivity index (χ3n) is 4.13. The Bertz CT molecular complexity index is 778. The van der Waals surface area contributed by atoms with Crippen molar-refractivity contribution in [1.29, 1.82) is 0 Å². The molecule has 0 fully saturated rings. The molecule has 0 radical (unpaired) electrons. The normalized spacial score (nSPS) is 20.2. The van der Waals surface area contributed by atoms with Crippen molar-refractivity contribution in [1.82, 2.24) is 0 Å². The molecule has 0 spiro atoms. The molecule has 0 unspecified atom stereocenters. The number of non-ortho nitro benzene ring substituents is 1.